The highest BCUT2D eigenvalue weighted by molar-refractivity contribution is 5.95. The average molecular weight is 462 g/mol. The third-order valence-electron chi connectivity index (χ3n) is 6.01. The van der Waals surface area contributed by atoms with E-state index in [0.29, 0.717) is 30.9 Å². The Labute approximate surface area is 199 Å². The van der Waals surface area contributed by atoms with Crippen molar-refractivity contribution < 1.29 is 14.3 Å². The molecule has 1 unspecified atom stereocenters. The van der Waals surface area contributed by atoms with Crippen molar-refractivity contribution in [3.63, 3.8) is 0 Å². The van der Waals surface area contributed by atoms with Gasteiger partial charge < -0.3 is 24.8 Å². The van der Waals surface area contributed by atoms with Gasteiger partial charge in [-0.2, -0.15) is 0 Å². The Kier molecular flexibility index (Phi) is 7.47. The maximum absolute atomic E-state index is 12.9. The molecule has 0 radical (unpaired) electrons. The van der Waals surface area contributed by atoms with E-state index < -0.39 is 0 Å². The van der Waals surface area contributed by atoms with Crippen molar-refractivity contribution in [2.75, 3.05) is 26.7 Å². The topological polar surface area (TPSA) is 88.5 Å². The maximum Gasteiger partial charge on any atom is 0.317 e. The number of aromatic nitrogens is 2. The molecule has 8 nitrogen and oxygen atoms in total. The van der Waals surface area contributed by atoms with Crippen LogP contribution in [0.2, 0.25) is 0 Å². The molecule has 0 saturated carbocycles. The van der Waals surface area contributed by atoms with Crippen LogP contribution in [0.1, 0.15) is 34.5 Å². The van der Waals surface area contributed by atoms with Gasteiger partial charge in [0.25, 0.3) is 5.91 Å². The van der Waals surface area contributed by atoms with E-state index in [2.05, 4.69) is 27.8 Å². The Bertz CT molecular complexity index is 1130. The Balaban J connectivity index is 1.32. The van der Waals surface area contributed by atoms with E-state index in [-0.39, 0.29) is 18.0 Å². The van der Waals surface area contributed by atoms with Crippen molar-refractivity contribution >= 4 is 11.9 Å². The summed E-state index contributed by atoms with van der Waals surface area (Å²) in [6, 6.07) is 15.3. The molecule has 0 bridgehead atoms. The monoisotopic (exact) mass is 461 g/mol. The van der Waals surface area contributed by atoms with Gasteiger partial charge in [-0.15, -0.1) is 0 Å². The summed E-state index contributed by atoms with van der Waals surface area (Å²) in [7, 11) is 1.58. The lowest BCUT2D eigenvalue weighted by Gasteiger charge is -2.33. The fraction of sp³-hybridized carbons (Fsp3) is 0.346. The quantitative estimate of drug-likeness (QED) is 0.565. The third kappa shape index (κ3) is 5.75. The van der Waals surface area contributed by atoms with Crippen molar-refractivity contribution in [1.29, 1.82) is 0 Å². The predicted molar refractivity (Wildman–Crippen MR) is 130 cm³/mol. The smallest absolute Gasteiger partial charge is 0.317 e. The van der Waals surface area contributed by atoms with E-state index in [1.54, 1.807) is 30.5 Å². The number of benzene rings is 2. The number of nitrogens with one attached hydrogen (secondary N) is 2. The lowest BCUT2D eigenvalue weighted by molar-refractivity contribution is 0.0910. The minimum Gasteiger partial charge on any atom is -0.495 e. The molecule has 2 aromatic carbocycles. The van der Waals surface area contributed by atoms with Crippen molar-refractivity contribution in [3.05, 3.63) is 77.9 Å². The first-order chi connectivity index (χ1) is 16.5. The lowest BCUT2D eigenvalue weighted by atomic mass is 10.0. The number of nitrogens with zero attached hydrogens (tertiary/aromatic N) is 3. The highest BCUT2D eigenvalue weighted by Crippen LogP contribution is 2.25. The van der Waals surface area contributed by atoms with E-state index in [1.807, 2.05) is 42.0 Å². The second-order valence-electron chi connectivity index (χ2n) is 8.54. The first kappa shape index (κ1) is 23.4. The molecule has 8 heteroatoms. The van der Waals surface area contributed by atoms with E-state index in [4.69, 9.17) is 4.74 Å². The molecule has 2 N–H and O–H groups in total. The second kappa shape index (κ2) is 10.9. The summed E-state index contributed by atoms with van der Waals surface area (Å²) < 4.78 is 7.38. The summed E-state index contributed by atoms with van der Waals surface area (Å²) in [6.45, 7) is 3.68. The van der Waals surface area contributed by atoms with Crippen LogP contribution in [-0.4, -0.2) is 59.2 Å². The molecule has 1 aliphatic heterocycles. The summed E-state index contributed by atoms with van der Waals surface area (Å²) in [5, 5.41) is 6.08. The number of carbonyl (C=O) groups excluding carboxylic acids is 2. The molecule has 0 aliphatic carbocycles. The highest BCUT2D eigenvalue weighted by Gasteiger charge is 2.25. The number of hydrogen-bond donors (Lipinski definition) is 2. The normalized spacial score (nSPS) is 15.6. The van der Waals surface area contributed by atoms with Crippen LogP contribution >= 0.6 is 0 Å². The standard InChI is InChI=1S/C26H31N5O3/c1-19-16-31(18-28-19)23-11-10-21(15-24(23)34-2)25(32)29-22-9-6-14-30(17-22)26(33)27-13-12-20-7-4-3-5-8-20/h3-5,7-8,10-11,15-16,18,22H,6,9,12-14,17H2,1-2H3,(H,27,33)(H,29,32). The zero-order valence-electron chi connectivity index (χ0n) is 19.7. The van der Waals surface area contributed by atoms with E-state index in [1.165, 1.54) is 5.56 Å². The first-order valence-corrected chi connectivity index (χ1v) is 11.6. The molecule has 1 aliphatic rings. The van der Waals surface area contributed by atoms with Gasteiger partial charge in [0.05, 0.1) is 24.8 Å². The van der Waals surface area contributed by atoms with E-state index in [0.717, 1.165) is 30.6 Å². The number of imidazole rings is 1. The zero-order chi connectivity index (χ0) is 23.9. The van der Waals surface area contributed by atoms with Gasteiger partial charge in [0.15, 0.2) is 0 Å². The van der Waals surface area contributed by atoms with Gasteiger partial charge in [-0.05, 0) is 49.9 Å². The molecule has 34 heavy (non-hydrogen) atoms. The van der Waals surface area contributed by atoms with Crippen LogP contribution in [0.3, 0.4) is 0 Å². The van der Waals surface area contributed by atoms with Crippen LogP contribution < -0.4 is 15.4 Å². The van der Waals surface area contributed by atoms with Crippen LogP contribution in [-0.2, 0) is 6.42 Å². The van der Waals surface area contributed by atoms with Crippen molar-refractivity contribution in [2.24, 2.45) is 0 Å². The Morgan fingerprint density at radius 1 is 1.18 bits per heavy atom. The fourth-order valence-corrected chi connectivity index (χ4v) is 4.20. The third-order valence-corrected chi connectivity index (χ3v) is 6.01. The number of urea groups is 1. The van der Waals surface area contributed by atoms with Gasteiger partial charge >= 0.3 is 6.03 Å². The van der Waals surface area contributed by atoms with Gasteiger partial charge in [-0.3, -0.25) is 4.79 Å². The van der Waals surface area contributed by atoms with Crippen LogP contribution in [0.25, 0.3) is 5.69 Å². The number of likely N-dealkylation sites (tertiary alicyclic amines) is 1. The fourth-order valence-electron chi connectivity index (χ4n) is 4.20. The van der Waals surface area contributed by atoms with Gasteiger partial charge in [0.1, 0.15) is 5.75 Å². The molecule has 2 heterocycles. The highest BCUT2D eigenvalue weighted by atomic mass is 16.5. The van der Waals surface area contributed by atoms with Crippen molar-refractivity contribution in [3.8, 4) is 11.4 Å². The number of hydrogen-bond acceptors (Lipinski definition) is 4. The molecular formula is C26H31N5O3. The maximum atomic E-state index is 12.9. The van der Waals surface area contributed by atoms with Crippen LogP contribution in [0.15, 0.2) is 61.1 Å². The van der Waals surface area contributed by atoms with E-state index in [9.17, 15) is 9.59 Å². The minimum atomic E-state index is -0.178. The lowest BCUT2D eigenvalue weighted by Crippen LogP contribution is -2.52. The summed E-state index contributed by atoms with van der Waals surface area (Å²) in [4.78, 5) is 31.6. The van der Waals surface area contributed by atoms with Crippen molar-refractivity contribution in [1.82, 2.24) is 25.1 Å². The SMILES string of the molecule is COc1cc(C(=O)NC2CCCN(C(=O)NCCc3ccccc3)C2)ccc1-n1cnc(C)c1. The second-order valence-corrected chi connectivity index (χ2v) is 8.54. The molecule has 1 aromatic heterocycles. The Morgan fingerprint density at radius 2 is 2.00 bits per heavy atom. The number of carbonyl (C=O) groups is 2. The van der Waals surface area contributed by atoms with Crippen LogP contribution in [0, 0.1) is 6.92 Å². The number of rotatable bonds is 7. The van der Waals surface area contributed by atoms with Gasteiger partial charge in [-0.1, -0.05) is 30.3 Å². The number of aryl methyl sites for hydroxylation is 1. The Hall–Kier alpha value is -3.81. The molecular weight excluding hydrogens is 430 g/mol. The summed E-state index contributed by atoms with van der Waals surface area (Å²) >= 11 is 0. The molecule has 178 valence electrons. The molecule has 4 rings (SSSR count). The molecule has 0 spiro atoms. The number of amides is 3. The first-order valence-electron chi connectivity index (χ1n) is 11.6. The Morgan fingerprint density at radius 3 is 2.74 bits per heavy atom. The average Bonchev–Trinajstić information content (AvgIpc) is 3.30. The molecule has 1 atom stereocenters. The predicted octanol–water partition coefficient (Wildman–Crippen LogP) is 3.34. The van der Waals surface area contributed by atoms with Crippen LogP contribution in [0.5, 0.6) is 5.75 Å². The van der Waals surface area contributed by atoms with Gasteiger partial charge in [-0.25, -0.2) is 9.78 Å². The largest absolute Gasteiger partial charge is 0.495 e. The minimum absolute atomic E-state index is 0.0865. The number of piperidine rings is 1. The zero-order valence-corrected chi connectivity index (χ0v) is 19.7. The molecule has 3 aromatic rings. The number of ether oxygens (including phenoxy) is 1. The molecule has 3 amide bonds. The van der Waals surface area contributed by atoms with Gasteiger partial charge in [0.2, 0.25) is 0 Å². The number of methoxy groups -OCH3 is 1. The summed E-state index contributed by atoms with van der Waals surface area (Å²) in [6.07, 6.45) is 6.09. The molecule has 1 saturated heterocycles. The van der Waals surface area contributed by atoms with E-state index >= 15 is 0 Å². The van der Waals surface area contributed by atoms with Gasteiger partial charge in [0, 0.05) is 37.4 Å². The summed E-state index contributed by atoms with van der Waals surface area (Å²) in [5.74, 6) is 0.413. The molecule has 1 fully saturated rings. The van der Waals surface area contributed by atoms with Crippen molar-refractivity contribution in [2.45, 2.75) is 32.2 Å². The van der Waals surface area contributed by atoms with Crippen LogP contribution in [0.4, 0.5) is 4.79 Å². The summed E-state index contributed by atoms with van der Waals surface area (Å²) in [5.41, 5.74) is 3.42.